The molecule has 8 atom stereocenters. The van der Waals surface area contributed by atoms with Gasteiger partial charge in [-0.05, 0) is 56.3 Å². The molecule has 8 rings (SSSR count). The smallest absolute Gasteiger partial charge is 0.259 e. The highest BCUT2D eigenvalue weighted by Gasteiger charge is 2.60. The zero-order chi connectivity index (χ0) is 31.4. The van der Waals surface area contributed by atoms with Gasteiger partial charge in [0.2, 0.25) is 0 Å². The molecule has 0 radical (unpaired) electrons. The predicted molar refractivity (Wildman–Crippen MR) is 175 cm³/mol. The first-order chi connectivity index (χ1) is 22.5. The number of alkyl halides is 1. The molecular weight excluding hydrogens is 581 g/mol. The molecule has 0 N–H and O–H groups in total. The van der Waals surface area contributed by atoms with Gasteiger partial charge in [0.05, 0.1) is 35.9 Å². The van der Waals surface area contributed by atoms with Crippen molar-refractivity contribution in [2.45, 2.75) is 68.1 Å². The average molecular weight is 628 g/mol. The third kappa shape index (κ3) is 5.34. The number of piperazine rings is 2. The molecule has 244 valence electrons. The Morgan fingerprint density at radius 2 is 1.52 bits per heavy atom. The molecule has 5 fully saturated rings. The van der Waals surface area contributed by atoms with Crippen molar-refractivity contribution >= 4 is 17.4 Å². The normalized spacial score (nSPS) is 35.3. The number of hydrogen-bond donors (Lipinski definition) is 0. The van der Waals surface area contributed by atoms with Crippen LogP contribution in [0.4, 0.5) is 10.1 Å². The fraction of sp³-hybridized carbons (Fsp3) is 0.568. The zero-order valence-corrected chi connectivity index (χ0v) is 26.8. The van der Waals surface area contributed by atoms with E-state index in [9.17, 15) is 9.59 Å². The Hall–Kier alpha value is -3.27. The molecular formula is C37H46FN5O3. The molecule has 0 aromatic heterocycles. The van der Waals surface area contributed by atoms with Crippen LogP contribution in [0.5, 0.6) is 0 Å². The number of amides is 1. The number of rotatable bonds is 4. The monoisotopic (exact) mass is 627 g/mol. The topological polar surface area (TPSA) is 59.6 Å². The molecule has 0 bridgehead atoms. The second-order valence-corrected chi connectivity index (χ2v) is 14.3. The first kappa shape index (κ1) is 30.1. The van der Waals surface area contributed by atoms with E-state index in [4.69, 9.17) is 4.74 Å². The Bertz CT molecular complexity index is 1440. The summed E-state index contributed by atoms with van der Waals surface area (Å²) in [5.74, 6) is -0.610. The van der Waals surface area contributed by atoms with Gasteiger partial charge >= 0.3 is 0 Å². The summed E-state index contributed by atoms with van der Waals surface area (Å²) < 4.78 is 23.4. The lowest BCUT2D eigenvalue weighted by molar-refractivity contribution is -0.214. The van der Waals surface area contributed by atoms with E-state index in [1.807, 2.05) is 29.3 Å². The van der Waals surface area contributed by atoms with Gasteiger partial charge in [0.15, 0.2) is 5.78 Å². The van der Waals surface area contributed by atoms with Crippen molar-refractivity contribution in [1.29, 1.82) is 0 Å². The number of carbonyl (C=O) groups is 2. The molecule has 3 saturated heterocycles. The molecule has 46 heavy (non-hydrogen) atoms. The highest BCUT2D eigenvalue weighted by atomic mass is 19.1. The summed E-state index contributed by atoms with van der Waals surface area (Å²) in [6, 6.07) is 20.3. The van der Waals surface area contributed by atoms with Crippen LogP contribution in [0, 0.1) is 5.92 Å². The van der Waals surface area contributed by atoms with E-state index in [0.29, 0.717) is 32.1 Å². The second-order valence-electron chi connectivity index (χ2n) is 14.3. The predicted octanol–water partition coefficient (Wildman–Crippen LogP) is 3.55. The number of para-hydroxylation sites is 1. The van der Waals surface area contributed by atoms with E-state index in [1.165, 1.54) is 5.56 Å². The summed E-state index contributed by atoms with van der Waals surface area (Å²) in [5.41, 5.74) is 2.71. The van der Waals surface area contributed by atoms with Crippen molar-refractivity contribution in [2.75, 3.05) is 64.3 Å². The number of fused-ring (bicyclic) bond motifs is 2. The quantitative estimate of drug-likeness (QED) is 0.481. The number of ether oxygens (including phenoxy) is 1. The SMILES string of the molecule is CN1CCN(C2C(F)CC3C(=O)C(C(=O)N4CCN(c5ccccc5)CC4)=CN4C5CC(c6ccccc6)CCC5OC2C34)CC1. The number of morpholine rings is 1. The Morgan fingerprint density at radius 3 is 2.24 bits per heavy atom. The van der Waals surface area contributed by atoms with Crippen molar-refractivity contribution in [3.8, 4) is 0 Å². The molecule has 0 spiro atoms. The largest absolute Gasteiger partial charge is 0.369 e. The minimum Gasteiger partial charge on any atom is -0.369 e. The van der Waals surface area contributed by atoms with Crippen LogP contribution in [-0.4, -0.2) is 127 Å². The van der Waals surface area contributed by atoms with Gasteiger partial charge < -0.3 is 24.3 Å². The fourth-order valence-corrected chi connectivity index (χ4v) is 9.29. The maximum absolute atomic E-state index is 16.4. The third-order valence-electron chi connectivity index (χ3n) is 11.8. The lowest BCUT2D eigenvalue weighted by Crippen LogP contribution is -2.74. The van der Waals surface area contributed by atoms with Gasteiger partial charge in [0, 0.05) is 70.2 Å². The zero-order valence-electron chi connectivity index (χ0n) is 26.8. The van der Waals surface area contributed by atoms with Crippen molar-refractivity contribution < 1.29 is 18.7 Å². The molecule has 1 amide bonds. The molecule has 2 aromatic rings. The summed E-state index contributed by atoms with van der Waals surface area (Å²) in [4.78, 5) is 39.5. The molecule has 9 heteroatoms. The molecule has 2 aromatic carbocycles. The summed E-state index contributed by atoms with van der Waals surface area (Å²) in [5, 5.41) is 0. The number of anilines is 1. The third-order valence-corrected chi connectivity index (χ3v) is 11.8. The summed E-state index contributed by atoms with van der Waals surface area (Å²) in [6.07, 6.45) is 3.19. The van der Waals surface area contributed by atoms with Gasteiger partial charge in [-0.3, -0.25) is 14.5 Å². The van der Waals surface area contributed by atoms with Gasteiger partial charge in [-0.1, -0.05) is 48.5 Å². The number of carbonyl (C=O) groups excluding carboxylic acids is 2. The Labute approximate surface area is 271 Å². The van der Waals surface area contributed by atoms with Gasteiger partial charge in [0.25, 0.3) is 5.91 Å². The first-order valence-electron chi connectivity index (χ1n) is 17.4. The van der Waals surface area contributed by atoms with Gasteiger partial charge in [-0.15, -0.1) is 0 Å². The molecule has 2 saturated carbocycles. The van der Waals surface area contributed by atoms with Crippen LogP contribution in [0.3, 0.4) is 0 Å². The van der Waals surface area contributed by atoms with Crippen molar-refractivity contribution in [2.24, 2.45) is 5.92 Å². The van der Waals surface area contributed by atoms with Crippen LogP contribution in [0.1, 0.15) is 37.2 Å². The van der Waals surface area contributed by atoms with Crippen LogP contribution in [-0.2, 0) is 14.3 Å². The summed E-state index contributed by atoms with van der Waals surface area (Å²) in [6.45, 7) is 5.92. The van der Waals surface area contributed by atoms with Crippen LogP contribution in [0.25, 0.3) is 0 Å². The first-order valence-corrected chi connectivity index (χ1v) is 17.4. The number of nitrogens with zero attached hydrogens (tertiary/aromatic N) is 5. The standard InChI is InChI=1S/C37H46FN5O3/c1-39-14-16-41(17-15-39)34-30(38)23-28-33-36(34)46-32-13-12-26(25-8-4-2-5-9-25)22-31(32)43(33)24-29(35(28)44)37(45)42-20-18-40(19-21-42)27-10-6-3-7-11-27/h2-11,24,26,28,30-34,36H,12-23H2,1H3. The van der Waals surface area contributed by atoms with E-state index in [0.717, 1.165) is 51.1 Å². The van der Waals surface area contributed by atoms with E-state index in [2.05, 4.69) is 69.1 Å². The number of hydrogen-bond acceptors (Lipinski definition) is 7. The fourth-order valence-electron chi connectivity index (χ4n) is 9.29. The number of halogens is 1. The molecule has 2 aliphatic carbocycles. The van der Waals surface area contributed by atoms with E-state index in [1.54, 1.807) is 0 Å². The van der Waals surface area contributed by atoms with E-state index >= 15 is 4.39 Å². The Morgan fingerprint density at radius 1 is 0.826 bits per heavy atom. The molecule has 8 nitrogen and oxygen atoms in total. The maximum atomic E-state index is 16.4. The lowest BCUT2D eigenvalue weighted by atomic mass is 9.68. The van der Waals surface area contributed by atoms with E-state index in [-0.39, 0.29) is 47.9 Å². The second kappa shape index (κ2) is 12.4. The van der Waals surface area contributed by atoms with Crippen LogP contribution < -0.4 is 4.90 Å². The van der Waals surface area contributed by atoms with Crippen LogP contribution in [0.2, 0.25) is 0 Å². The van der Waals surface area contributed by atoms with Crippen molar-refractivity contribution in [3.05, 3.63) is 78.0 Å². The van der Waals surface area contributed by atoms with Crippen molar-refractivity contribution in [1.82, 2.24) is 19.6 Å². The Balaban J connectivity index is 1.10. The summed E-state index contributed by atoms with van der Waals surface area (Å²) in [7, 11) is 2.11. The molecule has 4 aliphatic heterocycles. The molecule has 8 unspecified atom stereocenters. The number of benzene rings is 2. The van der Waals surface area contributed by atoms with Crippen molar-refractivity contribution in [3.63, 3.8) is 0 Å². The highest BCUT2D eigenvalue weighted by Crippen LogP contribution is 2.49. The highest BCUT2D eigenvalue weighted by molar-refractivity contribution is 6.20. The Kier molecular flexibility index (Phi) is 8.11. The van der Waals surface area contributed by atoms with E-state index < -0.39 is 18.2 Å². The van der Waals surface area contributed by atoms with Gasteiger partial charge in [0.1, 0.15) is 6.17 Å². The number of ketones is 1. The molecule has 6 aliphatic rings. The lowest BCUT2D eigenvalue weighted by Gasteiger charge is -2.61. The maximum Gasteiger partial charge on any atom is 0.259 e. The average Bonchev–Trinajstić information content (AvgIpc) is 3.10. The van der Waals surface area contributed by atoms with Crippen LogP contribution >= 0.6 is 0 Å². The minimum atomic E-state index is -1.18. The number of Topliss-reactive ketones (excluding diaryl/α,β-unsaturated/α-hetero) is 1. The molecule has 4 heterocycles. The van der Waals surface area contributed by atoms with Crippen LogP contribution in [0.15, 0.2) is 72.4 Å². The van der Waals surface area contributed by atoms with Gasteiger partial charge in [-0.25, -0.2) is 4.39 Å². The number of likely N-dealkylation sites (N-methyl/N-ethyl adjacent to an activating group) is 1. The minimum absolute atomic E-state index is 0.0397. The van der Waals surface area contributed by atoms with Gasteiger partial charge in [-0.2, -0.15) is 0 Å². The summed E-state index contributed by atoms with van der Waals surface area (Å²) >= 11 is 0.